The lowest BCUT2D eigenvalue weighted by molar-refractivity contribution is -0.127. The molecule has 1 atom stereocenters. The molecule has 0 aliphatic carbocycles. The van der Waals surface area contributed by atoms with Crippen molar-refractivity contribution in [2.75, 3.05) is 6.54 Å². The number of rotatable bonds is 6. The molecule has 1 unspecified atom stereocenters. The Morgan fingerprint density at radius 3 is 2.89 bits per heavy atom. The molecule has 0 aliphatic rings. The van der Waals surface area contributed by atoms with E-state index in [0.717, 1.165) is 6.42 Å². The number of hydrogen-bond acceptors (Lipinski definition) is 4. The highest BCUT2D eigenvalue weighted by Gasteiger charge is 2.35. The minimum Gasteiger partial charge on any atom is -0.409 e. The second-order valence-electron chi connectivity index (χ2n) is 4.26. The molecular weight excluding hydrogens is 250 g/mol. The van der Waals surface area contributed by atoms with Gasteiger partial charge in [-0.05, 0) is 31.2 Å². The summed E-state index contributed by atoms with van der Waals surface area (Å²) in [5.74, 6) is -0.268. The Labute approximate surface area is 111 Å². The quantitative estimate of drug-likeness (QED) is 0.317. The van der Waals surface area contributed by atoms with Crippen LogP contribution in [0.25, 0.3) is 0 Å². The molecule has 0 saturated carbocycles. The zero-order chi connectivity index (χ0) is 13.6. The van der Waals surface area contributed by atoms with E-state index in [1.54, 1.807) is 18.3 Å². The third-order valence-electron chi connectivity index (χ3n) is 3.12. The topological polar surface area (TPSA) is 87.7 Å². The number of oxime groups is 1. The van der Waals surface area contributed by atoms with Gasteiger partial charge in [-0.1, -0.05) is 18.1 Å². The fourth-order valence-corrected chi connectivity index (χ4v) is 2.23. The van der Waals surface area contributed by atoms with Crippen LogP contribution in [0.2, 0.25) is 0 Å². The van der Waals surface area contributed by atoms with E-state index in [1.807, 2.05) is 24.4 Å². The number of amidine groups is 1. The number of nitrogens with one attached hydrogen (secondary N) is 1. The van der Waals surface area contributed by atoms with Gasteiger partial charge in [-0.25, -0.2) is 0 Å². The lowest BCUT2D eigenvalue weighted by Crippen LogP contribution is -2.48. The first-order valence-electron chi connectivity index (χ1n) is 5.83. The molecule has 1 heterocycles. The first kappa shape index (κ1) is 14.5. The van der Waals surface area contributed by atoms with Gasteiger partial charge in [0, 0.05) is 11.4 Å². The smallest absolute Gasteiger partial charge is 0.233 e. The van der Waals surface area contributed by atoms with Crippen LogP contribution >= 0.6 is 11.3 Å². The summed E-state index contributed by atoms with van der Waals surface area (Å²) in [6, 6.07) is 4.01. The molecule has 1 amide bonds. The second-order valence-corrected chi connectivity index (χ2v) is 5.29. The largest absolute Gasteiger partial charge is 0.409 e. The molecular formula is C12H19N3O2S. The summed E-state index contributed by atoms with van der Waals surface area (Å²) in [6.07, 6.45) is 1.27. The number of carbonyl (C=O) groups excluding carboxylic acids is 1. The van der Waals surface area contributed by atoms with Crippen LogP contribution in [0.3, 0.4) is 0 Å². The van der Waals surface area contributed by atoms with E-state index >= 15 is 0 Å². The average molecular weight is 269 g/mol. The van der Waals surface area contributed by atoms with Crippen LogP contribution in [-0.2, 0) is 11.2 Å². The van der Waals surface area contributed by atoms with Gasteiger partial charge in [-0.3, -0.25) is 4.79 Å². The van der Waals surface area contributed by atoms with Gasteiger partial charge >= 0.3 is 0 Å². The summed E-state index contributed by atoms with van der Waals surface area (Å²) in [5.41, 5.74) is 4.62. The Kier molecular flexibility index (Phi) is 5.15. The minimum atomic E-state index is -0.954. The van der Waals surface area contributed by atoms with Crippen molar-refractivity contribution in [1.29, 1.82) is 0 Å². The zero-order valence-corrected chi connectivity index (χ0v) is 11.5. The average Bonchev–Trinajstić information content (AvgIpc) is 2.89. The molecule has 0 aromatic carbocycles. The number of thiophene rings is 1. The molecule has 6 heteroatoms. The zero-order valence-electron chi connectivity index (χ0n) is 10.6. The fraction of sp³-hybridized carbons (Fsp3) is 0.500. The molecule has 0 radical (unpaired) electrons. The molecule has 100 valence electrons. The summed E-state index contributed by atoms with van der Waals surface area (Å²) in [4.78, 5) is 13.3. The third-order valence-corrected chi connectivity index (χ3v) is 4.05. The van der Waals surface area contributed by atoms with Gasteiger partial charge in [0.25, 0.3) is 0 Å². The van der Waals surface area contributed by atoms with Gasteiger partial charge in [0.15, 0.2) is 5.84 Å². The minimum absolute atomic E-state index is 0.0568. The van der Waals surface area contributed by atoms with Gasteiger partial charge < -0.3 is 16.3 Å². The monoisotopic (exact) mass is 269 g/mol. The van der Waals surface area contributed by atoms with Crippen LogP contribution in [0.5, 0.6) is 0 Å². The maximum atomic E-state index is 12.0. The van der Waals surface area contributed by atoms with Crippen LogP contribution in [-0.4, -0.2) is 23.5 Å². The van der Waals surface area contributed by atoms with Crippen molar-refractivity contribution < 1.29 is 10.0 Å². The Balaban J connectivity index is 2.53. The highest BCUT2D eigenvalue weighted by molar-refractivity contribution is 7.09. The van der Waals surface area contributed by atoms with Crippen LogP contribution in [0.4, 0.5) is 0 Å². The number of carbonyl (C=O) groups is 1. The van der Waals surface area contributed by atoms with E-state index < -0.39 is 5.41 Å². The van der Waals surface area contributed by atoms with E-state index in [-0.39, 0.29) is 11.7 Å². The second kappa shape index (κ2) is 6.39. The molecule has 0 aliphatic heterocycles. The maximum absolute atomic E-state index is 12.0. The standard InChI is InChI=1S/C12H19N3O2S/c1-3-12(2,10(13)15-17)11(16)14-7-6-9-5-4-8-18-9/h4-5,8,17H,3,6-7H2,1-2H3,(H2,13,15)(H,14,16). The van der Waals surface area contributed by atoms with Crippen LogP contribution in [0, 0.1) is 5.41 Å². The highest BCUT2D eigenvalue weighted by Crippen LogP contribution is 2.21. The number of hydrogen-bond donors (Lipinski definition) is 3. The number of amides is 1. The summed E-state index contributed by atoms with van der Waals surface area (Å²) >= 11 is 1.66. The molecule has 5 nitrogen and oxygen atoms in total. The van der Waals surface area contributed by atoms with Crippen LogP contribution < -0.4 is 11.1 Å². The van der Waals surface area contributed by atoms with Crippen molar-refractivity contribution in [2.24, 2.45) is 16.3 Å². The molecule has 1 rings (SSSR count). The van der Waals surface area contributed by atoms with Gasteiger partial charge in [0.05, 0.1) is 0 Å². The van der Waals surface area contributed by atoms with Gasteiger partial charge in [0.2, 0.25) is 5.91 Å². The van der Waals surface area contributed by atoms with Crippen molar-refractivity contribution in [3.8, 4) is 0 Å². The Morgan fingerprint density at radius 1 is 1.67 bits per heavy atom. The van der Waals surface area contributed by atoms with Crippen molar-refractivity contribution in [2.45, 2.75) is 26.7 Å². The first-order valence-corrected chi connectivity index (χ1v) is 6.71. The summed E-state index contributed by atoms with van der Waals surface area (Å²) in [7, 11) is 0. The molecule has 1 aromatic rings. The molecule has 0 bridgehead atoms. The van der Waals surface area contributed by atoms with Crippen LogP contribution in [0.15, 0.2) is 22.7 Å². The van der Waals surface area contributed by atoms with E-state index in [1.165, 1.54) is 4.88 Å². The summed E-state index contributed by atoms with van der Waals surface area (Å²) in [5, 5.41) is 16.5. The van der Waals surface area contributed by atoms with Crippen molar-refractivity contribution in [3.63, 3.8) is 0 Å². The summed E-state index contributed by atoms with van der Waals surface area (Å²) in [6.45, 7) is 4.05. The maximum Gasteiger partial charge on any atom is 0.233 e. The van der Waals surface area contributed by atoms with Crippen molar-refractivity contribution in [3.05, 3.63) is 22.4 Å². The van der Waals surface area contributed by atoms with Gasteiger partial charge in [-0.15, -0.1) is 11.3 Å². The molecule has 4 N–H and O–H groups in total. The predicted octanol–water partition coefficient (Wildman–Crippen LogP) is 1.57. The first-order chi connectivity index (χ1) is 8.54. The Hall–Kier alpha value is -1.56. The third kappa shape index (κ3) is 3.22. The summed E-state index contributed by atoms with van der Waals surface area (Å²) < 4.78 is 0. The lowest BCUT2D eigenvalue weighted by atomic mass is 9.85. The fourth-order valence-electron chi connectivity index (χ4n) is 1.52. The predicted molar refractivity (Wildman–Crippen MR) is 72.8 cm³/mol. The van der Waals surface area contributed by atoms with Gasteiger partial charge in [-0.2, -0.15) is 0 Å². The molecule has 0 spiro atoms. The van der Waals surface area contributed by atoms with E-state index in [0.29, 0.717) is 13.0 Å². The normalized spacial score (nSPS) is 15.1. The SMILES string of the molecule is CCC(C)(C(=O)NCCc1cccs1)/C(N)=N/O. The van der Waals surface area contributed by atoms with E-state index in [2.05, 4.69) is 10.5 Å². The van der Waals surface area contributed by atoms with E-state index in [9.17, 15) is 4.79 Å². The molecule has 1 aromatic heterocycles. The van der Waals surface area contributed by atoms with Crippen molar-refractivity contribution >= 4 is 23.1 Å². The molecule has 0 saturated heterocycles. The Bertz CT molecular complexity index is 417. The number of nitrogens with zero attached hydrogens (tertiary/aromatic N) is 1. The molecule has 18 heavy (non-hydrogen) atoms. The lowest BCUT2D eigenvalue weighted by Gasteiger charge is -2.25. The van der Waals surface area contributed by atoms with Crippen molar-refractivity contribution in [1.82, 2.24) is 5.32 Å². The van der Waals surface area contributed by atoms with Crippen LogP contribution in [0.1, 0.15) is 25.1 Å². The highest BCUT2D eigenvalue weighted by atomic mass is 32.1. The Morgan fingerprint density at radius 2 is 2.39 bits per heavy atom. The molecule has 0 fully saturated rings. The van der Waals surface area contributed by atoms with E-state index in [4.69, 9.17) is 10.9 Å². The van der Waals surface area contributed by atoms with Gasteiger partial charge in [0.1, 0.15) is 5.41 Å². The number of nitrogens with two attached hydrogens (primary N) is 1.